The Bertz CT molecular complexity index is 956. The fraction of sp³-hybridized carbons (Fsp3) is 0.391. The summed E-state index contributed by atoms with van der Waals surface area (Å²) in [5, 5.41) is 34.5. The number of halogens is 3. The lowest BCUT2D eigenvalue weighted by Gasteiger charge is -2.42. The molecular formula is C23H27ClF2N2O4S. The van der Waals surface area contributed by atoms with Crippen LogP contribution in [0.4, 0.5) is 8.78 Å². The van der Waals surface area contributed by atoms with Crippen molar-refractivity contribution in [3.8, 4) is 0 Å². The molecule has 5 atom stereocenters. The zero-order valence-electron chi connectivity index (χ0n) is 17.9. The van der Waals surface area contributed by atoms with Gasteiger partial charge in [-0.25, -0.2) is 8.78 Å². The molecule has 0 saturated carbocycles. The first-order chi connectivity index (χ1) is 15.7. The second-order valence-electron chi connectivity index (χ2n) is 7.84. The van der Waals surface area contributed by atoms with E-state index in [1.807, 2.05) is 12.1 Å². The highest BCUT2D eigenvalue weighted by Gasteiger charge is 2.44. The number of ether oxygens (including phenoxy) is 1. The zero-order valence-corrected chi connectivity index (χ0v) is 19.5. The van der Waals surface area contributed by atoms with Crippen LogP contribution < -0.4 is 11.1 Å². The van der Waals surface area contributed by atoms with Gasteiger partial charge in [0, 0.05) is 16.8 Å². The first kappa shape index (κ1) is 25.7. The molecule has 2 aromatic rings. The third-order valence-corrected chi connectivity index (χ3v) is 6.86. The smallest absolute Gasteiger partial charge is 0.161 e. The lowest BCUT2D eigenvalue weighted by atomic mass is 9.97. The van der Waals surface area contributed by atoms with Crippen molar-refractivity contribution in [3.63, 3.8) is 0 Å². The van der Waals surface area contributed by atoms with Crippen LogP contribution in [0.1, 0.15) is 16.7 Å². The normalized spacial score (nSPS) is 25.8. The first-order valence-corrected chi connectivity index (χ1v) is 11.8. The number of nitrogens with two attached hydrogens (primary N) is 1. The zero-order chi connectivity index (χ0) is 24.1. The predicted molar refractivity (Wildman–Crippen MR) is 126 cm³/mol. The van der Waals surface area contributed by atoms with Crippen LogP contribution >= 0.6 is 23.4 Å². The highest BCUT2D eigenvalue weighted by atomic mass is 35.5. The minimum atomic E-state index is -1.23. The van der Waals surface area contributed by atoms with E-state index in [-0.39, 0.29) is 16.8 Å². The molecule has 6 N–H and O–H groups in total. The van der Waals surface area contributed by atoms with Gasteiger partial charge in [-0.1, -0.05) is 23.7 Å². The number of aliphatic hydroxyl groups is 3. The number of thioether (sulfide) groups is 1. The Morgan fingerprint density at radius 3 is 2.55 bits per heavy atom. The summed E-state index contributed by atoms with van der Waals surface area (Å²) in [6, 6.07) is 8.90. The SMILES string of the molecule is Cc1cc(/C(N)=C/NC2C(O)C(CO)OC(SCCc3ccc(Cl)cc3)C2O)cc(F)c1F. The number of rotatable bonds is 8. The Kier molecular flexibility index (Phi) is 8.97. The Morgan fingerprint density at radius 1 is 1.21 bits per heavy atom. The second kappa shape index (κ2) is 11.5. The molecule has 1 aliphatic heterocycles. The van der Waals surface area contributed by atoms with Gasteiger partial charge in [0.15, 0.2) is 11.6 Å². The van der Waals surface area contributed by atoms with E-state index in [0.717, 1.165) is 11.6 Å². The van der Waals surface area contributed by atoms with Crippen LogP contribution in [0.2, 0.25) is 5.02 Å². The molecule has 0 bridgehead atoms. The molecule has 180 valence electrons. The maximum Gasteiger partial charge on any atom is 0.161 e. The van der Waals surface area contributed by atoms with Crippen molar-refractivity contribution in [1.82, 2.24) is 5.32 Å². The third kappa shape index (κ3) is 6.38. The molecular weight excluding hydrogens is 474 g/mol. The topological polar surface area (TPSA) is 108 Å². The molecule has 0 amide bonds. The molecule has 1 fully saturated rings. The van der Waals surface area contributed by atoms with Gasteiger partial charge in [-0.05, 0) is 54.5 Å². The molecule has 6 nitrogen and oxygen atoms in total. The lowest BCUT2D eigenvalue weighted by Crippen LogP contribution is -2.62. The minimum Gasteiger partial charge on any atom is -0.397 e. The average molecular weight is 501 g/mol. The van der Waals surface area contributed by atoms with Crippen molar-refractivity contribution in [3.05, 3.63) is 75.9 Å². The molecule has 3 rings (SSSR count). The van der Waals surface area contributed by atoms with Gasteiger partial charge in [0.2, 0.25) is 0 Å². The molecule has 2 aromatic carbocycles. The van der Waals surface area contributed by atoms with E-state index in [2.05, 4.69) is 5.32 Å². The molecule has 5 unspecified atom stereocenters. The fourth-order valence-electron chi connectivity index (χ4n) is 3.53. The molecule has 1 heterocycles. The van der Waals surface area contributed by atoms with Crippen LogP contribution in [0.3, 0.4) is 0 Å². The predicted octanol–water partition coefficient (Wildman–Crippen LogP) is 2.56. The van der Waals surface area contributed by atoms with Crippen LogP contribution in [0.15, 0.2) is 42.6 Å². The number of hydrogen-bond acceptors (Lipinski definition) is 7. The van der Waals surface area contributed by atoms with Gasteiger partial charge in [-0.15, -0.1) is 11.8 Å². The van der Waals surface area contributed by atoms with Gasteiger partial charge < -0.3 is 31.1 Å². The number of aryl methyl sites for hydroxylation is 2. The highest BCUT2D eigenvalue weighted by Crippen LogP contribution is 2.29. The number of nitrogens with one attached hydrogen (secondary N) is 1. The molecule has 0 radical (unpaired) electrons. The Morgan fingerprint density at radius 2 is 1.91 bits per heavy atom. The van der Waals surface area contributed by atoms with Crippen molar-refractivity contribution < 1.29 is 28.8 Å². The van der Waals surface area contributed by atoms with E-state index in [9.17, 15) is 24.1 Å². The first-order valence-electron chi connectivity index (χ1n) is 10.4. The summed E-state index contributed by atoms with van der Waals surface area (Å²) < 4.78 is 33.0. The molecule has 1 saturated heterocycles. The molecule has 0 aliphatic carbocycles. The standard InChI is InChI=1S/C23H27ClF2N2O4S/c1-12-8-14(9-16(25)19(12)26)17(27)10-28-20-21(30)18(11-29)32-23(22(20)31)33-7-6-13-2-4-15(24)5-3-13/h2-5,8-10,18,20-23,28-31H,6-7,11,27H2,1H3/b17-10-. The summed E-state index contributed by atoms with van der Waals surface area (Å²) in [6.45, 7) is 0.980. The third-order valence-electron chi connectivity index (χ3n) is 5.45. The Labute approximate surface area is 200 Å². The second-order valence-corrected chi connectivity index (χ2v) is 9.48. The van der Waals surface area contributed by atoms with Crippen LogP contribution in [-0.4, -0.2) is 57.5 Å². The largest absolute Gasteiger partial charge is 0.397 e. The fourth-order valence-corrected chi connectivity index (χ4v) is 4.83. The summed E-state index contributed by atoms with van der Waals surface area (Å²) in [6.07, 6.45) is -1.25. The summed E-state index contributed by atoms with van der Waals surface area (Å²) in [5.74, 6) is -1.35. The lowest BCUT2D eigenvalue weighted by molar-refractivity contribution is -0.164. The van der Waals surface area contributed by atoms with E-state index in [1.54, 1.807) is 12.1 Å². The number of hydrogen-bond donors (Lipinski definition) is 5. The van der Waals surface area contributed by atoms with Gasteiger partial charge in [-0.2, -0.15) is 0 Å². The summed E-state index contributed by atoms with van der Waals surface area (Å²) in [4.78, 5) is 0. The quantitative estimate of drug-likeness (QED) is 0.379. The Balaban J connectivity index is 1.67. The average Bonchev–Trinajstić information content (AvgIpc) is 2.79. The van der Waals surface area contributed by atoms with E-state index in [0.29, 0.717) is 17.2 Å². The van der Waals surface area contributed by atoms with Crippen molar-refractivity contribution in [2.24, 2.45) is 5.73 Å². The Hall–Kier alpha value is -1.88. The van der Waals surface area contributed by atoms with Crippen LogP contribution in [0, 0.1) is 18.6 Å². The summed E-state index contributed by atoms with van der Waals surface area (Å²) >= 11 is 7.26. The molecule has 1 aliphatic rings. The van der Waals surface area contributed by atoms with Gasteiger partial charge in [-0.3, -0.25) is 0 Å². The van der Waals surface area contributed by atoms with Gasteiger partial charge >= 0.3 is 0 Å². The molecule has 0 spiro atoms. The van der Waals surface area contributed by atoms with E-state index >= 15 is 0 Å². The maximum absolute atomic E-state index is 13.7. The van der Waals surface area contributed by atoms with Gasteiger partial charge in [0.25, 0.3) is 0 Å². The molecule has 0 aromatic heterocycles. The molecule has 10 heteroatoms. The van der Waals surface area contributed by atoms with Crippen molar-refractivity contribution >= 4 is 29.1 Å². The van der Waals surface area contributed by atoms with E-state index in [4.69, 9.17) is 22.1 Å². The van der Waals surface area contributed by atoms with Crippen LogP contribution in [0.5, 0.6) is 0 Å². The van der Waals surface area contributed by atoms with Crippen molar-refractivity contribution in [1.29, 1.82) is 0 Å². The van der Waals surface area contributed by atoms with Crippen molar-refractivity contribution in [2.45, 2.75) is 43.1 Å². The van der Waals surface area contributed by atoms with Gasteiger partial charge in [0.05, 0.1) is 18.3 Å². The van der Waals surface area contributed by atoms with Gasteiger partial charge in [0.1, 0.15) is 23.7 Å². The molecule has 33 heavy (non-hydrogen) atoms. The maximum atomic E-state index is 13.7. The highest BCUT2D eigenvalue weighted by molar-refractivity contribution is 7.99. The summed E-state index contributed by atoms with van der Waals surface area (Å²) in [5.41, 5.74) is 6.81. The summed E-state index contributed by atoms with van der Waals surface area (Å²) in [7, 11) is 0. The minimum absolute atomic E-state index is 0.0929. The monoisotopic (exact) mass is 500 g/mol. The number of benzene rings is 2. The van der Waals surface area contributed by atoms with E-state index < -0.39 is 48.0 Å². The number of aliphatic hydroxyl groups excluding tert-OH is 3. The van der Waals surface area contributed by atoms with Crippen LogP contribution in [-0.2, 0) is 11.2 Å². The van der Waals surface area contributed by atoms with E-state index in [1.165, 1.54) is 31.0 Å². The van der Waals surface area contributed by atoms with Crippen molar-refractivity contribution in [2.75, 3.05) is 12.4 Å². The van der Waals surface area contributed by atoms with Crippen LogP contribution in [0.25, 0.3) is 5.70 Å².